The molecule has 1 fully saturated rings. The summed E-state index contributed by atoms with van der Waals surface area (Å²) in [7, 11) is 0. The zero-order chi connectivity index (χ0) is 14.7. The molecule has 1 aromatic carbocycles. The monoisotopic (exact) mass is 294 g/mol. The molecule has 1 aromatic rings. The Bertz CT molecular complexity index is 435. The van der Waals surface area contributed by atoms with Crippen molar-refractivity contribution in [2.45, 2.75) is 46.1 Å². The molecule has 1 atom stereocenters. The van der Waals surface area contributed by atoms with E-state index in [1.54, 1.807) is 0 Å². The van der Waals surface area contributed by atoms with Gasteiger partial charge in [-0.3, -0.25) is 0 Å². The first kappa shape index (κ1) is 15.7. The molecule has 1 aliphatic rings. The number of piperidine rings is 1. The number of para-hydroxylation sites is 1. The Morgan fingerprint density at radius 3 is 2.45 bits per heavy atom. The van der Waals surface area contributed by atoms with Crippen molar-refractivity contribution in [2.75, 3.05) is 18.0 Å². The molecule has 0 saturated carbocycles. The second kappa shape index (κ2) is 6.82. The molecular weight excluding hydrogens is 268 g/mol. The van der Waals surface area contributed by atoms with Crippen LogP contribution in [0.2, 0.25) is 5.02 Å². The summed E-state index contributed by atoms with van der Waals surface area (Å²) < 4.78 is 0. The molecule has 2 rings (SSSR count). The van der Waals surface area contributed by atoms with Crippen LogP contribution in [0.15, 0.2) is 18.2 Å². The van der Waals surface area contributed by atoms with E-state index in [9.17, 15) is 0 Å². The fraction of sp³-hybridized carbons (Fsp3) is 0.647. The highest BCUT2D eigenvalue weighted by atomic mass is 35.5. The second-order valence-corrected chi connectivity index (χ2v) is 6.90. The number of nitrogens with zero attached hydrogens (tertiary/aromatic N) is 1. The van der Waals surface area contributed by atoms with Gasteiger partial charge in [0, 0.05) is 19.1 Å². The Morgan fingerprint density at radius 2 is 1.90 bits per heavy atom. The number of anilines is 1. The van der Waals surface area contributed by atoms with Gasteiger partial charge in [0.1, 0.15) is 0 Å². The second-order valence-electron chi connectivity index (χ2n) is 6.50. The van der Waals surface area contributed by atoms with E-state index in [1.807, 2.05) is 12.1 Å². The molecule has 0 spiro atoms. The Balaban J connectivity index is 2.16. The fourth-order valence-corrected chi connectivity index (χ4v) is 3.53. The Hall–Kier alpha value is -0.730. The molecule has 2 N–H and O–H groups in total. The number of benzene rings is 1. The minimum absolute atomic E-state index is 0.167. The molecule has 112 valence electrons. The first-order valence-electron chi connectivity index (χ1n) is 7.77. The van der Waals surface area contributed by atoms with Crippen LogP contribution in [0.1, 0.15) is 39.2 Å². The van der Waals surface area contributed by atoms with E-state index in [2.05, 4.69) is 31.7 Å². The van der Waals surface area contributed by atoms with Crippen molar-refractivity contribution in [3.63, 3.8) is 0 Å². The fourth-order valence-electron chi connectivity index (χ4n) is 3.22. The molecule has 0 radical (unpaired) electrons. The highest BCUT2D eigenvalue weighted by molar-refractivity contribution is 6.33. The lowest BCUT2D eigenvalue weighted by molar-refractivity contribution is 0.311. The van der Waals surface area contributed by atoms with Crippen LogP contribution in [0, 0.1) is 11.8 Å². The number of hydrogen-bond acceptors (Lipinski definition) is 2. The third-order valence-corrected chi connectivity index (χ3v) is 4.72. The smallest absolute Gasteiger partial charge is 0.0642 e. The summed E-state index contributed by atoms with van der Waals surface area (Å²) in [6.45, 7) is 8.93. The van der Waals surface area contributed by atoms with Crippen LogP contribution in [0.5, 0.6) is 0 Å². The van der Waals surface area contributed by atoms with E-state index in [4.69, 9.17) is 17.3 Å². The molecule has 2 nitrogen and oxygen atoms in total. The molecule has 1 saturated heterocycles. The number of halogens is 1. The van der Waals surface area contributed by atoms with Crippen molar-refractivity contribution in [3.05, 3.63) is 28.8 Å². The minimum Gasteiger partial charge on any atom is -0.370 e. The van der Waals surface area contributed by atoms with Gasteiger partial charge in [-0.05, 0) is 49.7 Å². The van der Waals surface area contributed by atoms with Gasteiger partial charge in [-0.25, -0.2) is 0 Å². The predicted molar refractivity (Wildman–Crippen MR) is 88.6 cm³/mol. The molecule has 1 heterocycles. The van der Waals surface area contributed by atoms with Crippen molar-refractivity contribution >= 4 is 17.3 Å². The highest BCUT2D eigenvalue weighted by Gasteiger charge is 2.24. The van der Waals surface area contributed by atoms with Crippen LogP contribution in [0.3, 0.4) is 0 Å². The van der Waals surface area contributed by atoms with Crippen molar-refractivity contribution in [1.29, 1.82) is 0 Å². The summed E-state index contributed by atoms with van der Waals surface area (Å²) in [6.07, 6.45) is 3.42. The SMILES string of the molecule is CC(N)Cc1cccc(Cl)c1N1CCC(C(C)C)CC1. The van der Waals surface area contributed by atoms with Crippen LogP contribution < -0.4 is 10.6 Å². The van der Waals surface area contributed by atoms with Crippen molar-refractivity contribution < 1.29 is 0 Å². The summed E-state index contributed by atoms with van der Waals surface area (Å²) in [5.41, 5.74) is 8.48. The molecule has 0 amide bonds. The van der Waals surface area contributed by atoms with E-state index in [1.165, 1.54) is 24.1 Å². The maximum Gasteiger partial charge on any atom is 0.0642 e. The molecule has 0 aromatic heterocycles. The molecule has 0 bridgehead atoms. The normalized spacial score (nSPS) is 18.6. The minimum atomic E-state index is 0.167. The van der Waals surface area contributed by atoms with Gasteiger partial charge in [0.25, 0.3) is 0 Å². The van der Waals surface area contributed by atoms with E-state index < -0.39 is 0 Å². The zero-order valence-electron chi connectivity index (χ0n) is 12.9. The number of rotatable bonds is 4. The van der Waals surface area contributed by atoms with Crippen molar-refractivity contribution in [1.82, 2.24) is 0 Å². The highest BCUT2D eigenvalue weighted by Crippen LogP contribution is 2.35. The van der Waals surface area contributed by atoms with Crippen LogP contribution in [0.4, 0.5) is 5.69 Å². The average Bonchev–Trinajstić information content (AvgIpc) is 2.38. The molecule has 0 aliphatic carbocycles. The molecule has 20 heavy (non-hydrogen) atoms. The van der Waals surface area contributed by atoms with Crippen molar-refractivity contribution in [3.8, 4) is 0 Å². The first-order chi connectivity index (χ1) is 9.49. The lowest BCUT2D eigenvalue weighted by Crippen LogP contribution is -2.36. The standard InChI is InChI=1S/C17H27ClN2/c1-12(2)14-7-9-20(10-8-14)17-15(11-13(3)19)5-4-6-16(17)18/h4-6,12-14H,7-11,19H2,1-3H3. The average molecular weight is 295 g/mol. The van der Waals surface area contributed by atoms with Crippen LogP contribution in [-0.4, -0.2) is 19.1 Å². The third-order valence-electron chi connectivity index (χ3n) is 4.41. The van der Waals surface area contributed by atoms with E-state index in [-0.39, 0.29) is 6.04 Å². The summed E-state index contributed by atoms with van der Waals surface area (Å²) >= 11 is 6.46. The van der Waals surface area contributed by atoms with Gasteiger partial charge < -0.3 is 10.6 Å². The third kappa shape index (κ3) is 3.67. The molecule has 3 heteroatoms. The van der Waals surface area contributed by atoms with Crippen LogP contribution >= 0.6 is 11.6 Å². The predicted octanol–water partition coefficient (Wildman–Crippen LogP) is 4.10. The van der Waals surface area contributed by atoms with Gasteiger partial charge in [-0.15, -0.1) is 0 Å². The topological polar surface area (TPSA) is 29.3 Å². The van der Waals surface area contributed by atoms with Gasteiger partial charge in [0.15, 0.2) is 0 Å². The summed E-state index contributed by atoms with van der Waals surface area (Å²) in [5, 5.41) is 0.867. The summed E-state index contributed by atoms with van der Waals surface area (Å²) in [6, 6.07) is 6.36. The lowest BCUT2D eigenvalue weighted by Gasteiger charge is -2.37. The largest absolute Gasteiger partial charge is 0.370 e. The van der Waals surface area contributed by atoms with Gasteiger partial charge >= 0.3 is 0 Å². The lowest BCUT2D eigenvalue weighted by atomic mass is 9.86. The molecular formula is C17H27ClN2. The molecule has 1 aliphatic heterocycles. The Morgan fingerprint density at radius 1 is 1.25 bits per heavy atom. The number of hydrogen-bond donors (Lipinski definition) is 1. The number of nitrogens with two attached hydrogens (primary N) is 1. The Kier molecular flexibility index (Phi) is 5.34. The van der Waals surface area contributed by atoms with E-state index in [0.29, 0.717) is 0 Å². The quantitative estimate of drug-likeness (QED) is 0.906. The summed E-state index contributed by atoms with van der Waals surface area (Å²) in [4.78, 5) is 2.46. The summed E-state index contributed by atoms with van der Waals surface area (Å²) in [5.74, 6) is 1.64. The van der Waals surface area contributed by atoms with Gasteiger partial charge in [0.2, 0.25) is 0 Å². The van der Waals surface area contributed by atoms with Gasteiger partial charge in [-0.2, -0.15) is 0 Å². The van der Waals surface area contributed by atoms with E-state index >= 15 is 0 Å². The first-order valence-corrected chi connectivity index (χ1v) is 8.14. The zero-order valence-corrected chi connectivity index (χ0v) is 13.7. The van der Waals surface area contributed by atoms with Crippen LogP contribution in [-0.2, 0) is 6.42 Å². The van der Waals surface area contributed by atoms with Gasteiger partial charge in [-0.1, -0.05) is 37.6 Å². The van der Waals surface area contributed by atoms with E-state index in [0.717, 1.165) is 36.4 Å². The van der Waals surface area contributed by atoms with Gasteiger partial charge in [0.05, 0.1) is 10.7 Å². The molecule has 1 unspecified atom stereocenters. The maximum atomic E-state index is 6.46. The van der Waals surface area contributed by atoms with Crippen LogP contribution in [0.25, 0.3) is 0 Å². The maximum absolute atomic E-state index is 6.46. The Labute approximate surface area is 128 Å². The van der Waals surface area contributed by atoms with Crippen molar-refractivity contribution in [2.24, 2.45) is 17.6 Å².